The second-order valence-corrected chi connectivity index (χ2v) is 4.08. The van der Waals surface area contributed by atoms with Crippen molar-refractivity contribution in [2.24, 2.45) is 5.92 Å². The summed E-state index contributed by atoms with van der Waals surface area (Å²) in [5, 5.41) is 0. The monoisotopic (exact) mass is 224 g/mol. The van der Waals surface area contributed by atoms with E-state index < -0.39 is 0 Å². The molecule has 0 atom stereocenters. The van der Waals surface area contributed by atoms with E-state index in [-0.39, 0.29) is 0 Å². The standard InChI is InChI=1S/C10H14.Zr/c1-6-7(2)9(4)10(5)8(6)3;/h1,6H,2-5H3;. The molecule has 0 spiro atoms. The van der Waals surface area contributed by atoms with Gasteiger partial charge in [-0.3, -0.25) is 0 Å². The first kappa shape index (κ1) is 9.32. The third-order valence-corrected chi connectivity index (χ3v) is 3.66. The zero-order valence-electron chi connectivity index (χ0n) is 7.65. The molecule has 0 heterocycles. The zero-order valence-corrected chi connectivity index (χ0v) is 10.1. The van der Waals surface area contributed by atoms with Crippen molar-refractivity contribution in [1.29, 1.82) is 0 Å². The van der Waals surface area contributed by atoms with Crippen LogP contribution in [0.15, 0.2) is 22.3 Å². The summed E-state index contributed by atoms with van der Waals surface area (Å²) in [6.07, 6.45) is 0. The van der Waals surface area contributed by atoms with Crippen LogP contribution < -0.4 is 0 Å². The van der Waals surface area contributed by atoms with E-state index in [1.165, 1.54) is 35.4 Å². The quantitative estimate of drug-likeness (QED) is 0.643. The number of allylic oxidation sites excluding steroid dienone is 4. The van der Waals surface area contributed by atoms with Gasteiger partial charge in [-0.25, -0.2) is 0 Å². The predicted molar refractivity (Wildman–Crippen MR) is 46.3 cm³/mol. The maximum absolute atomic E-state index is 2.37. The van der Waals surface area contributed by atoms with E-state index in [9.17, 15) is 0 Å². The Morgan fingerprint density at radius 1 is 1.00 bits per heavy atom. The average Bonchev–Trinajstić information content (AvgIpc) is 2.17. The fourth-order valence-corrected chi connectivity index (χ4v) is 2.86. The van der Waals surface area contributed by atoms with Gasteiger partial charge in [0.05, 0.1) is 0 Å². The summed E-state index contributed by atoms with van der Waals surface area (Å²) in [5.74, 6) is 0.660. The molecule has 1 aliphatic rings. The molecule has 1 aliphatic carbocycles. The molecule has 0 amide bonds. The molecule has 0 bridgehead atoms. The van der Waals surface area contributed by atoms with Gasteiger partial charge < -0.3 is 0 Å². The van der Waals surface area contributed by atoms with Crippen LogP contribution in [0, 0.1) is 5.92 Å². The molecule has 1 rings (SSSR count). The Labute approximate surface area is 83.7 Å². The van der Waals surface area contributed by atoms with Gasteiger partial charge in [0, 0.05) is 0 Å². The fraction of sp³-hybridized carbons (Fsp3) is 0.500. The number of rotatable bonds is 1. The second-order valence-electron chi connectivity index (χ2n) is 3.26. The molecule has 0 unspecified atom stereocenters. The van der Waals surface area contributed by atoms with Crippen molar-refractivity contribution in [3.8, 4) is 0 Å². The summed E-state index contributed by atoms with van der Waals surface area (Å²) in [7, 11) is 0. The van der Waals surface area contributed by atoms with Gasteiger partial charge in [-0.05, 0) is 0 Å². The van der Waals surface area contributed by atoms with Gasteiger partial charge >= 0.3 is 83.8 Å². The van der Waals surface area contributed by atoms with Crippen molar-refractivity contribution < 1.29 is 24.2 Å². The Morgan fingerprint density at radius 3 is 1.55 bits per heavy atom. The molecule has 0 nitrogen and oxygen atoms in total. The van der Waals surface area contributed by atoms with Crippen molar-refractivity contribution in [2.45, 2.75) is 27.7 Å². The molecule has 58 valence electrons. The third-order valence-electron chi connectivity index (χ3n) is 2.85. The van der Waals surface area contributed by atoms with E-state index in [1.54, 1.807) is 11.1 Å². The van der Waals surface area contributed by atoms with Gasteiger partial charge in [-0.1, -0.05) is 0 Å². The molecule has 11 heavy (non-hydrogen) atoms. The molecule has 0 N–H and O–H groups in total. The first-order valence-corrected chi connectivity index (χ1v) is 5.37. The summed E-state index contributed by atoms with van der Waals surface area (Å²) in [6, 6.07) is 0. The van der Waals surface area contributed by atoms with Crippen molar-refractivity contribution in [3.05, 3.63) is 22.3 Å². The first-order chi connectivity index (χ1) is 5.09. The summed E-state index contributed by atoms with van der Waals surface area (Å²) >= 11 is 1.53. The molecule has 0 aliphatic heterocycles. The molecule has 1 heteroatoms. The summed E-state index contributed by atoms with van der Waals surface area (Å²) < 4.78 is 2.37. The molecular formula is C10H14Zr. The molecule has 0 aromatic carbocycles. The van der Waals surface area contributed by atoms with E-state index in [4.69, 9.17) is 0 Å². The zero-order chi connectivity index (χ0) is 8.59. The van der Waals surface area contributed by atoms with Crippen molar-refractivity contribution in [3.63, 3.8) is 0 Å². The SMILES string of the molecule is CC1=C(C)C([CH]=[Zr])C(C)=C1C. The Hall–Kier alpha value is 0.233. The van der Waals surface area contributed by atoms with Crippen molar-refractivity contribution in [2.75, 3.05) is 0 Å². The van der Waals surface area contributed by atoms with Crippen LogP contribution in [-0.2, 0) is 24.2 Å². The Balaban J connectivity index is 3.14. The van der Waals surface area contributed by atoms with Crippen LogP contribution in [0.3, 0.4) is 0 Å². The van der Waals surface area contributed by atoms with E-state index >= 15 is 0 Å². The molecule has 0 aromatic heterocycles. The topological polar surface area (TPSA) is 0 Å². The molecule has 0 aromatic rings. The fourth-order valence-electron chi connectivity index (χ4n) is 1.63. The predicted octanol–water partition coefficient (Wildman–Crippen LogP) is 2.64. The van der Waals surface area contributed by atoms with Gasteiger partial charge in [-0.2, -0.15) is 0 Å². The Kier molecular flexibility index (Phi) is 2.81. The maximum atomic E-state index is 2.37. The van der Waals surface area contributed by atoms with Crippen LogP contribution in [-0.4, -0.2) is 3.71 Å². The minimum absolute atomic E-state index is 0.660. The third kappa shape index (κ3) is 1.40. The van der Waals surface area contributed by atoms with Gasteiger partial charge in [0.1, 0.15) is 0 Å². The normalized spacial score (nSPS) is 19.9. The second kappa shape index (κ2) is 3.31. The summed E-state index contributed by atoms with van der Waals surface area (Å²) in [5.41, 5.74) is 6.12. The number of hydrogen-bond donors (Lipinski definition) is 0. The van der Waals surface area contributed by atoms with Crippen LogP contribution in [0.25, 0.3) is 0 Å². The summed E-state index contributed by atoms with van der Waals surface area (Å²) in [6.45, 7) is 8.96. The van der Waals surface area contributed by atoms with Crippen LogP contribution >= 0.6 is 0 Å². The molecular weight excluding hydrogens is 211 g/mol. The van der Waals surface area contributed by atoms with E-state index in [1.807, 2.05) is 0 Å². The number of hydrogen-bond acceptors (Lipinski definition) is 0. The molecule has 0 saturated carbocycles. The van der Waals surface area contributed by atoms with Gasteiger partial charge in [0.15, 0.2) is 0 Å². The van der Waals surface area contributed by atoms with Gasteiger partial charge in [-0.15, -0.1) is 0 Å². The van der Waals surface area contributed by atoms with Crippen LogP contribution in [0.2, 0.25) is 0 Å². The van der Waals surface area contributed by atoms with Crippen LogP contribution in [0.4, 0.5) is 0 Å². The van der Waals surface area contributed by atoms with Crippen molar-refractivity contribution in [1.82, 2.24) is 0 Å². The Morgan fingerprint density at radius 2 is 1.36 bits per heavy atom. The van der Waals surface area contributed by atoms with Crippen LogP contribution in [0.5, 0.6) is 0 Å². The van der Waals surface area contributed by atoms with E-state index in [0.29, 0.717) is 5.92 Å². The molecule has 0 saturated heterocycles. The minimum atomic E-state index is 0.660. The first-order valence-electron chi connectivity index (χ1n) is 3.95. The van der Waals surface area contributed by atoms with Gasteiger partial charge in [0.2, 0.25) is 0 Å². The van der Waals surface area contributed by atoms with Gasteiger partial charge in [0.25, 0.3) is 0 Å². The van der Waals surface area contributed by atoms with E-state index in [0.717, 1.165) is 0 Å². The van der Waals surface area contributed by atoms with E-state index in [2.05, 4.69) is 31.4 Å². The Bertz CT molecular complexity index is 232. The van der Waals surface area contributed by atoms with Crippen LogP contribution in [0.1, 0.15) is 27.7 Å². The average molecular weight is 225 g/mol. The summed E-state index contributed by atoms with van der Waals surface area (Å²) in [4.78, 5) is 0. The van der Waals surface area contributed by atoms with Crippen molar-refractivity contribution >= 4 is 3.71 Å². The molecule has 0 fully saturated rings. The molecule has 0 radical (unpaired) electrons.